The Morgan fingerprint density at radius 1 is 1.26 bits per heavy atom. The predicted molar refractivity (Wildman–Crippen MR) is 171 cm³/mol. The summed E-state index contributed by atoms with van der Waals surface area (Å²) in [6, 6.07) is 1.89. The van der Waals surface area contributed by atoms with E-state index in [1.54, 1.807) is 12.4 Å². The summed E-state index contributed by atoms with van der Waals surface area (Å²) >= 11 is 0. The van der Waals surface area contributed by atoms with Gasteiger partial charge in [0.05, 0.1) is 30.1 Å². The number of aryl methyl sites for hydroxylation is 1. The van der Waals surface area contributed by atoms with E-state index in [0.717, 1.165) is 79.6 Å². The lowest BCUT2D eigenvalue weighted by Crippen LogP contribution is -2.55. The van der Waals surface area contributed by atoms with Crippen molar-refractivity contribution >= 4 is 28.9 Å². The first-order valence-electron chi connectivity index (χ1n) is 16.6. The number of nitrogens with one attached hydrogen (secondary N) is 3. The van der Waals surface area contributed by atoms with Gasteiger partial charge in [-0.3, -0.25) is 10.1 Å². The number of halogens is 1. The van der Waals surface area contributed by atoms with Crippen LogP contribution in [0.1, 0.15) is 49.7 Å². The van der Waals surface area contributed by atoms with E-state index in [1.165, 1.54) is 0 Å². The van der Waals surface area contributed by atoms with Crippen LogP contribution in [0.3, 0.4) is 0 Å². The fourth-order valence-electron chi connectivity index (χ4n) is 7.96. The maximum atomic E-state index is 17.1. The monoisotopic (exact) mass is 628 g/mol. The third-order valence-corrected chi connectivity index (χ3v) is 10.5. The first-order chi connectivity index (χ1) is 22.4. The minimum Gasteiger partial charge on any atom is -0.449 e. The Kier molecular flexibility index (Phi) is 7.44. The van der Waals surface area contributed by atoms with Crippen LogP contribution < -0.4 is 21.2 Å². The maximum Gasteiger partial charge on any atom is 0.407 e. The van der Waals surface area contributed by atoms with Crippen LogP contribution in [0.2, 0.25) is 0 Å². The zero-order valence-electron chi connectivity index (χ0n) is 26.4. The second-order valence-electron chi connectivity index (χ2n) is 13.5. The quantitative estimate of drug-likeness (QED) is 0.405. The number of H-pyrrole nitrogens is 1. The number of aromatic amines is 1. The molecule has 1 saturated carbocycles. The lowest BCUT2D eigenvalue weighted by atomic mass is 9.94. The molecule has 1 aromatic carbocycles. The second kappa shape index (κ2) is 11.6. The number of fused-ring (bicyclic) bond motifs is 8. The molecule has 0 radical (unpaired) electrons. The number of ether oxygens (including phenoxy) is 2. The van der Waals surface area contributed by atoms with E-state index in [0.29, 0.717) is 36.3 Å². The van der Waals surface area contributed by atoms with E-state index in [-0.39, 0.29) is 29.1 Å². The molecule has 242 valence electrons. The number of nitrogens with zero attached hydrogens (tertiary/aromatic N) is 5. The molecule has 1 aliphatic carbocycles. The molecule has 6 aliphatic rings. The number of aromatic nitrogens is 3. The minimum atomic E-state index is -0.703. The lowest BCUT2D eigenvalue weighted by Gasteiger charge is -2.42. The number of carbonyl (C=O) groups is 1. The third kappa shape index (κ3) is 5.11. The highest BCUT2D eigenvalue weighted by Gasteiger charge is 2.54. The summed E-state index contributed by atoms with van der Waals surface area (Å²) in [5, 5.41) is 15.6. The number of rotatable bonds is 3. The number of amides is 1. The van der Waals surface area contributed by atoms with Crippen molar-refractivity contribution in [3.8, 4) is 11.3 Å². The Bertz CT molecular complexity index is 1840. The van der Waals surface area contributed by atoms with E-state index in [9.17, 15) is 4.79 Å². The smallest absolute Gasteiger partial charge is 0.407 e. The Morgan fingerprint density at radius 2 is 2.17 bits per heavy atom. The van der Waals surface area contributed by atoms with Crippen LogP contribution in [0, 0.1) is 24.1 Å². The maximum absolute atomic E-state index is 17.1. The summed E-state index contributed by atoms with van der Waals surface area (Å²) in [6.07, 6.45) is 11.8. The molecule has 2 aromatic heterocycles. The first-order valence-corrected chi connectivity index (χ1v) is 16.6. The van der Waals surface area contributed by atoms with Crippen molar-refractivity contribution in [3.05, 3.63) is 52.1 Å². The van der Waals surface area contributed by atoms with Crippen molar-refractivity contribution in [2.24, 2.45) is 16.3 Å². The molecule has 3 N–H and O–H groups in total. The molecule has 4 unspecified atom stereocenters. The molecule has 5 aliphatic heterocycles. The fourth-order valence-corrected chi connectivity index (χ4v) is 7.96. The Balaban J connectivity index is 1.29. The summed E-state index contributed by atoms with van der Waals surface area (Å²) in [5.41, 5.74) is 3.61. The van der Waals surface area contributed by atoms with Crippen molar-refractivity contribution < 1.29 is 18.7 Å². The molecule has 3 aromatic rings. The van der Waals surface area contributed by atoms with Gasteiger partial charge >= 0.3 is 6.09 Å². The summed E-state index contributed by atoms with van der Waals surface area (Å²) in [7, 11) is 1.96. The zero-order valence-corrected chi connectivity index (χ0v) is 26.4. The molecule has 12 heteroatoms. The number of hydrogen-bond donors (Lipinski definition) is 3. The van der Waals surface area contributed by atoms with Crippen LogP contribution in [0.25, 0.3) is 34.1 Å². The van der Waals surface area contributed by atoms with Crippen LogP contribution in [0.5, 0.6) is 0 Å². The Morgan fingerprint density at radius 3 is 3.09 bits per heavy atom. The van der Waals surface area contributed by atoms with Crippen molar-refractivity contribution in [1.29, 1.82) is 0 Å². The van der Waals surface area contributed by atoms with E-state index in [1.807, 2.05) is 37.1 Å². The van der Waals surface area contributed by atoms with Crippen molar-refractivity contribution in [1.82, 2.24) is 35.6 Å². The van der Waals surface area contributed by atoms with E-state index in [4.69, 9.17) is 19.5 Å². The standard InChI is InChI=1S/C34H41FN8O3/c1-20-13-26-24(17-38-41-26)27-23(20)8-3-4-12-45-33(44)39-22-7-5-11-43(18-22)31-25-16-37-30(27)28(35)29(25)40-32(42(31)2)46-19-34-9-6-10-36-15-21(34)14-34/h3,8,13,16-17,21-22,32,36H,4-7,9-12,14-15,18-19H2,1-2H3,(H,38,41)(H,39,44). The van der Waals surface area contributed by atoms with E-state index in [2.05, 4.69) is 25.7 Å². The molecule has 4 atom stereocenters. The molecular weight excluding hydrogens is 587 g/mol. The highest BCUT2D eigenvalue weighted by molar-refractivity contribution is 5.99. The van der Waals surface area contributed by atoms with Gasteiger partial charge in [-0.15, -0.1) is 0 Å². The predicted octanol–water partition coefficient (Wildman–Crippen LogP) is 3.00. The van der Waals surface area contributed by atoms with E-state index >= 15 is 4.39 Å². The highest BCUT2D eigenvalue weighted by atomic mass is 19.1. The van der Waals surface area contributed by atoms with Gasteiger partial charge in [0.1, 0.15) is 16.9 Å². The molecule has 9 rings (SSSR count). The normalized spacial score (nSPS) is 27.7. The Hall–Kier alpha value is -4.03. The van der Waals surface area contributed by atoms with Crippen LogP contribution in [-0.2, 0) is 9.47 Å². The van der Waals surface area contributed by atoms with Gasteiger partial charge in [0.15, 0.2) is 5.82 Å². The minimum absolute atomic E-state index is 0.113. The van der Waals surface area contributed by atoms with Gasteiger partial charge in [0, 0.05) is 43.3 Å². The second-order valence-corrected chi connectivity index (χ2v) is 13.5. The molecule has 2 saturated heterocycles. The molecule has 46 heavy (non-hydrogen) atoms. The summed E-state index contributed by atoms with van der Waals surface area (Å²) in [4.78, 5) is 26.8. The van der Waals surface area contributed by atoms with Gasteiger partial charge in [-0.05, 0) is 87.1 Å². The molecule has 3 fully saturated rings. The number of pyridine rings is 1. The molecular formula is C34H41FN8O3. The van der Waals surface area contributed by atoms with Crippen molar-refractivity contribution in [3.63, 3.8) is 0 Å². The van der Waals surface area contributed by atoms with Crippen LogP contribution in [0.4, 0.5) is 9.18 Å². The van der Waals surface area contributed by atoms with E-state index < -0.39 is 18.3 Å². The number of carbonyl (C=O) groups excluding carboxylic acids is 1. The molecule has 1 amide bonds. The van der Waals surface area contributed by atoms with Gasteiger partial charge in [-0.1, -0.05) is 12.2 Å². The number of alkyl carbamates (subject to hydrolysis) is 1. The average Bonchev–Trinajstić information content (AvgIpc) is 3.58. The fraction of sp³-hybridized carbons (Fsp3) is 0.529. The Labute approximate surface area is 266 Å². The van der Waals surface area contributed by atoms with Crippen molar-refractivity contribution in [2.45, 2.75) is 57.8 Å². The number of benzene rings is 1. The average molecular weight is 629 g/mol. The van der Waals surface area contributed by atoms with Crippen molar-refractivity contribution in [2.75, 3.05) is 46.4 Å². The van der Waals surface area contributed by atoms with Crippen LogP contribution >= 0.6 is 0 Å². The number of hydrogen-bond acceptors (Lipinski definition) is 9. The van der Waals surface area contributed by atoms with Gasteiger partial charge < -0.3 is 29.9 Å². The van der Waals surface area contributed by atoms with Gasteiger partial charge in [0.25, 0.3) is 0 Å². The number of piperidine rings is 1. The van der Waals surface area contributed by atoms with Crippen LogP contribution in [-0.4, -0.2) is 89.9 Å². The summed E-state index contributed by atoms with van der Waals surface area (Å²) in [5.74, 6) is 0.936. The van der Waals surface area contributed by atoms with Crippen LogP contribution in [0.15, 0.2) is 29.5 Å². The van der Waals surface area contributed by atoms with Gasteiger partial charge in [-0.2, -0.15) is 5.10 Å². The molecule has 11 nitrogen and oxygen atoms in total. The summed E-state index contributed by atoms with van der Waals surface area (Å²) in [6.45, 7) is 6.17. The van der Waals surface area contributed by atoms with Gasteiger partial charge in [-0.25, -0.2) is 14.2 Å². The molecule has 6 bridgehead atoms. The molecule has 0 spiro atoms. The highest BCUT2D eigenvalue weighted by Crippen LogP contribution is 2.56. The first kappa shape index (κ1) is 29.4. The third-order valence-electron chi connectivity index (χ3n) is 10.5. The largest absolute Gasteiger partial charge is 0.449 e. The lowest BCUT2D eigenvalue weighted by molar-refractivity contribution is -0.0519. The SMILES string of the molecule is Cc1cc2[nH]ncc2c2c1C=CCCOC(=O)NC1CCCN(C1)C1=c3cnc-2c(F)c3=NC(OCC23CCCNCC2C3)N1C. The zero-order chi connectivity index (χ0) is 31.4. The topological polar surface area (TPSA) is 120 Å². The van der Waals surface area contributed by atoms with Gasteiger partial charge in [0.2, 0.25) is 6.35 Å². The molecule has 7 heterocycles. The summed E-state index contributed by atoms with van der Waals surface area (Å²) < 4.78 is 29.3.